The predicted molar refractivity (Wildman–Crippen MR) is 65.9 cm³/mol. The van der Waals surface area contributed by atoms with Crippen molar-refractivity contribution in [1.82, 2.24) is 13.3 Å². The van der Waals surface area contributed by atoms with Gasteiger partial charge >= 0.3 is 10.2 Å². The Morgan fingerprint density at radius 1 is 1.53 bits per heavy atom. The Hall–Kier alpha value is -1.40. The second-order valence-corrected chi connectivity index (χ2v) is 6.11. The van der Waals surface area contributed by atoms with Crippen molar-refractivity contribution >= 4 is 10.2 Å². The van der Waals surface area contributed by atoms with Gasteiger partial charge in [0.2, 0.25) is 0 Å². The van der Waals surface area contributed by atoms with Crippen molar-refractivity contribution in [3.05, 3.63) is 42.0 Å². The fraction of sp³-hybridized carbons (Fsp3) is 0.364. The van der Waals surface area contributed by atoms with Crippen molar-refractivity contribution in [3.63, 3.8) is 0 Å². The van der Waals surface area contributed by atoms with Gasteiger partial charge in [-0.05, 0) is 5.57 Å². The largest absolute Gasteiger partial charge is 0.308 e. The molecule has 0 spiro atoms. The summed E-state index contributed by atoms with van der Waals surface area (Å²) in [4.78, 5) is 4.15. The summed E-state index contributed by atoms with van der Waals surface area (Å²) in [7, 11) is -0.463. The molecular weight excluding hydrogens is 238 g/mol. The van der Waals surface area contributed by atoms with Crippen molar-refractivity contribution in [2.45, 2.75) is 12.8 Å². The lowest BCUT2D eigenvalue weighted by Crippen LogP contribution is -2.30. The lowest BCUT2D eigenvalue weighted by atomic mass is 10.0. The normalized spacial score (nSPS) is 15.6. The highest BCUT2D eigenvalue weighted by Crippen LogP contribution is 2.22. The molecule has 0 fully saturated rings. The predicted octanol–water partition coefficient (Wildman–Crippen LogP) is 0.749. The Balaban J connectivity index is 2.49. The number of rotatable bonds is 3. The van der Waals surface area contributed by atoms with Crippen LogP contribution in [0.25, 0.3) is 0 Å². The zero-order valence-corrected chi connectivity index (χ0v) is 10.7. The molecule has 0 radical (unpaired) electrons. The molecular formula is C11H15N3O2S. The molecule has 1 aromatic heterocycles. The van der Waals surface area contributed by atoms with Crippen LogP contribution in [0.15, 0.2) is 30.6 Å². The van der Waals surface area contributed by atoms with Gasteiger partial charge in [0.05, 0.1) is 11.4 Å². The van der Waals surface area contributed by atoms with Gasteiger partial charge in [-0.25, -0.2) is 8.96 Å². The van der Waals surface area contributed by atoms with Crippen LogP contribution in [0.4, 0.5) is 0 Å². The molecule has 0 atom stereocenters. The lowest BCUT2D eigenvalue weighted by molar-refractivity contribution is 0.509. The van der Waals surface area contributed by atoms with Gasteiger partial charge in [0, 0.05) is 26.9 Å². The molecule has 0 aromatic carbocycles. The van der Waals surface area contributed by atoms with Crippen LogP contribution in [0.5, 0.6) is 0 Å². The third-order valence-corrected chi connectivity index (χ3v) is 4.55. The second kappa shape index (κ2) is 4.12. The van der Waals surface area contributed by atoms with E-state index in [9.17, 15) is 8.42 Å². The van der Waals surface area contributed by atoms with Crippen molar-refractivity contribution in [3.8, 4) is 0 Å². The topological polar surface area (TPSA) is 55.2 Å². The minimum atomic E-state index is -3.48. The molecule has 1 aliphatic carbocycles. The molecule has 5 nitrogen and oxygen atoms in total. The summed E-state index contributed by atoms with van der Waals surface area (Å²) in [5, 5.41) is 0. The van der Waals surface area contributed by atoms with Crippen LogP contribution < -0.4 is 0 Å². The third-order valence-electron chi connectivity index (χ3n) is 2.82. The third kappa shape index (κ3) is 1.94. The Morgan fingerprint density at radius 2 is 2.24 bits per heavy atom. The van der Waals surface area contributed by atoms with Gasteiger partial charge in [-0.1, -0.05) is 18.7 Å². The molecule has 1 heterocycles. The van der Waals surface area contributed by atoms with Gasteiger partial charge in [0.15, 0.2) is 0 Å². The van der Waals surface area contributed by atoms with Crippen LogP contribution in [0.1, 0.15) is 11.4 Å². The van der Waals surface area contributed by atoms with Gasteiger partial charge in [-0.2, -0.15) is 12.7 Å². The van der Waals surface area contributed by atoms with E-state index in [1.54, 1.807) is 6.08 Å². The van der Waals surface area contributed by atoms with Crippen LogP contribution in [0.3, 0.4) is 0 Å². The summed E-state index contributed by atoms with van der Waals surface area (Å²) in [5.41, 5.74) is 2.59. The fourth-order valence-corrected chi connectivity index (χ4v) is 2.73. The molecule has 0 aliphatic heterocycles. The van der Waals surface area contributed by atoms with E-state index in [1.807, 2.05) is 6.08 Å². The summed E-state index contributed by atoms with van der Waals surface area (Å²) in [6.07, 6.45) is 6.37. The SMILES string of the molecule is C=CC1=CCc2ncn(S(=O)(=O)N(C)C)c2C1. The van der Waals surface area contributed by atoms with Crippen molar-refractivity contribution in [2.75, 3.05) is 14.1 Å². The molecule has 1 aromatic rings. The van der Waals surface area contributed by atoms with Crippen molar-refractivity contribution < 1.29 is 8.42 Å². The van der Waals surface area contributed by atoms with Crippen LogP contribution in [0, 0.1) is 0 Å². The maximum Gasteiger partial charge on any atom is 0.308 e. The fourth-order valence-electron chi connectivity index (χ4n) is 1.77. The van der Waals surface area contributed by atoms with Gasteiger partial charge in [-0.15, -0.1) is 0 Å². The lowest BCUT2D eigenvalue weighted by Gasteiger charge is -2.17. The Bertz CT molecular complexity index is 582. The first-order valence-corrected chi connectivity index (χ1v) is 6.66. The molecule has 0 saturated carbocycles. The molecule has 92 valence electrons. The van der Waals surface area contributed by atoms with Crippen LogP contribution in [-0.2, 0) is 23.1 Å². The van der Waals surface area contributed by atoms with Crippen molar-refractivity contribution in [1.29, 1.82) is 0 Å². The average molecular weight is 253 g/mol. The number of allylic oxidation sites excluding steroid dienone is 3. The number of hydrogen-bond donors (Lipinski definition) is 0. The molecule has 6 heteroatoms. The highest BCUT2D eigenvalue weighted by Gasteiger charge is 2.24. The molecule has 0 unspecified atom stereocenters. The smallest absolute Gasteiger partial charge is 0.240 e. The number of aromatic nitrogens is 2. The summed E-state index contributed by atoms with van der Waals surface area (Å²) in [6, 6.07) is 0. The molecule has 0 saturated heterocycles. The molecule has 0 amide bonds. The van der Waals surface area contributed by atoms with E-state index in [2.05, 4.69) is 11.6 Å². The van der Waals surface area contributed by atoms with Crippen LogP contribution in [0.2, 0.25) is 0 Å². The van der Waals surface area contributed by atoms with Gasteiger partial charge in [0.25, 0.3) is 0 Å². The zero-order valence-electron chi connectivity index (χ0n) is 9.92. The number of imidazole rings is 1. The summed E-state index contributed by atoms with van der Waals surface area (Å²) in [5.74, 6) is 0. The van der Waals surface area contributed by atoms with E-state index < -0.39 is 10.2 Å². The van der Waals surface area contributed by atoms with E-state index in [4.69, 9.17) is 0 Å². The van der Waals surface area contributed by atoms with E-state index in [0.29, 0.717) is 12.8 Å². The van der Waals surface area contributed by atoms with Crippen LogP contribution in [-0.4, -0.2) is 35.8 Å². The highest BCUT2D eigenvalue weighted by molar-refractivity contribution is 7.87. The first-order valence-electron chi connectivity index (χ1n) is 5.26. The first kappa shape index (κ1) is 12.1. The summed E-state index contributed by atoms with van der Waals surface area (Å²) < 4.78 is 26.6. The minimum Gasteiger partial charge on any atom is -0.240 e. The Morgan fingerprint density at radius 3 is 2.82 bits per heavy atom. The summed E-state index contributed by atoms with van der Waals surface area (Å²) >= 11 is 0. The highest BCUT2D eigenvalue weighted by atomic mass is 32.2. The number of fused-ring (bicyclic) bond motifs is 1. The first-order chi connectivity index (χ1) is 7.96. The maximum atomic E-state index is 12.1. The molecule has 0 bridgehead atoms. The van der Waals surface area contributed by atoms with Crippen LogP contribution >= 0.6 is 0 Å². The molecule has 17 heavy (non-hydrogen) atoms. The van der Waals surface area contributed by atoms with Gasteiger partial charge in [-0.3, -0.25) is 0 Å². The number of hydrogen-bond acceptors (Lipinski definition) is 3. The van der Waals surface area contributed by atoms with Gasteiger partial charge < -0.3 is 0 Å². The van der Waals surface area contributed by atoms with Crippen molar-refractivity contribution in [2.24, 2.45) is 0 Å². The van der Waals surface area contributed by atoms with Gasteiger partial charge in [0.1, 0.15) is 6.33 Å². The molecule has 2 rings (SSSR count). The quantitative estimate of drug-likeness (QED) is 0.798. The Labute approximate surface area is 101 Å². The summed E-state index contributed by atoms with van der Waals surface area (Å²) in [6.45, 7) is 3.71. The Kier molecular flexibility index (Phi) is 2.92. The average Bonchev–Trinajstić information content (AvgIpc) is 2.71. The molecule has 1 aliphatic rings. The minimum absolute atomic E-state index is 0.561. The van der Waals surface area contributed by atoms with E-state index >= 15 is 0 Å². The standard InChI is InChI=1S/C11H15N3O2S/c1-4-9-5-6-10-11(7-9)14(8-12-10)17(15,16)13(2)3/h4-5,8H,1,6-7H2,2-3H3. The van der Waals surface area contributed by atoms with E-state index in [-0.39, 0.29) is 0 Å². The van der Waals surface area contributed by atoms with E-state index in [0.717, 1.165) is 17.0 Å². The molecule has 0 N–H and O–H groups in total. The maximum absolute atomic E-state index is 12.1. The van der Waals surface area contributed by atoms with E-state index in [1.165, 1.54) is 28.7 Å². The zero-order chi connectivity index (χ0) is 12.6. The second-order valence-electron chi connectivity index (χ2n) is 4.09. The number of nitrogens with zero attached hydrogens (tertiary/aromatic N) is 3. The monoisotopic (exact) mass is 253 g/mol.